The van der Waals surface area contributed by atoms with Gasteiger partial charge in [0.25, 0.3) is 0 Å². The van der Waals surface area contributed by atoms with Crippen LogP contribution in [0.5, 0.6) is 0 Å². The number of unbranched alkanes of at least 4 members (excludes halogenated alkanes) is 5. The van der Waals surface area contributed by atoms with Crippen LogP contribution < -0.4 is 0 Å². The number of aryl methyl sites for hydroxylation is 1. The van der Waals surface area contributed by atoms with Crippen LogP contribution in [0.4, 0.5) is 0 Å². The summed E-state index contributed by atoms with van der Waals surface area (Å²) in [6.45, 7) is 2.18. The van der Waals surface area contributed by atoms with Gasteiger partial charge in [-0.1, -0.05) is 39.0 Å². The summed E-state index contributed by atoms with van der Waals surface area (Å²) < 4.78 is 1.48. The molecule has 1 N–H and O–H groups in total. The highest BCUT2D eigenvalue weighted by Crippen LogP contribution is 2.13. The van der Waals surface area contributed by atoms with Gasteiger partial charge in [0, 0.05) is 25.2 Å². The first-order chi connectivity index (χ1) is 9.06. The quantitative estimate of drug-likeness (QED) is 0.547. The number of aromatic carboxylic acids is 1. The van der Waals surface area contributed by atoms with Crippen LogP contribution in [0.3, 0.4) is 0 Å². The molecule has 0 amide bonds. The van der Waals surface area contributed by atoms with E-state index >= 15 is 0 Å². The van der Waals surface area contributed by atoms with E-state index in [2.05, 4.69) is 6.92 Å². The zero-order valence-electron chi connectivity index (χ0n) is 11.8. The van der Waals surface area contributed by atoms with E-state index in [1.165, 1.54) is 36.3 Å². The Morgan fingerprint density at radius 3 is 2.37 bits per heavy atom. The van der Waals surface area contributed by atoms with Gasteiger partial charge in [-0.2, -0.15) is 0 Å². The average molecular weight is 265 g/mol. The molecule has 1 rings (SSSR count). The summed E-state index contributed by atoms with van der Waals surface area (Å²) in [5.41, 5.74) is 0.666. The van der Waals surface area contributed by atoms with Crippen LogP contribution in [0.2, 0.25) is 0 Å². The molecule has 0 unspecified atom stereocenters. The maximum atomic E-state index is 11.9. The van der Waals surface area contributed by atoms with Gasteiger partial charge in [0.05, 0.1) is 0 Å². The number of nitrogens with zero attached hydrogens (tertiary/aromatic N) is 1. The number of carbonyl (C=O) groups is 2. The summed E-state index contributed by atoms with van der Waals surface area (Å²) in [5.74, 6) is -0.959. The summed E-state index contributed by atoms with van der Waals surface area (Å²) >= 11 is 0. The fourth-order valence-corrected chi connectivity index (χ4v) is 2.14. The molecule has 0 aliphatic rings. The number of hydrogen-bond donors (Lipinski definition) is 1. The van der Waals surface area contributed by atoms with Crippen molar-refractivity contribution in [1.29, 1.82) is 0 Å². The Balaban J connectivity index is 2.37. The number of rotatable bonds is 9. The molecule has 0 aliphatic heterocycles. The van der Waals surface area contributed by atoms with Gasteiger partial charge in [0.15, 0.2) is 5.78 Å². The first kappa shape index (κ1) is 15.5. The van der Waals surface area contributed by atoms with Crippen molar-refractivity contribution in [2.24, 2.45) is 7.05 Å². The minimum atomic E-state index is -0.999. The number of ketones is 1. The molecule has 0 saturated heterocycles. The van der Waals surface area contributed by atoms with E-state index in [1.807, 2.05) is 0 Å². The molecule has 0 saturated carbocycles. The number of hydrogen-bond acceptors (Lipinski definition) is 2. The minimum absolute atomic E-state index is 0.0404. The molecule has 19 heavy (non-hydrogen) atoms. The molecule has 0 aliphatic carbocycles. The molecule has 106 valence electrons. The normalized spacial score (nSPS) is 10.6. The van der Waals surface area contributed by atoms with Gasteiger partial charge in [0.1, 0.15) is 5.69 Å². The van der Waals surface area contributed by atoms with Crippen molar-refractivity contribution < 1.29 is 14.7 Å². The number of carbonyl (C=O) groups excluding carboxylic acids is 1. The first-order valence-electron chi connectivity index (χ1n) is 6.99. The van der Waals surface area contributed by atoms with Crippen molar-refractivity contribution in [3.63, 3.8) is 0 Å². The molecule has 0 spiro atoms. The van der Waals surface area contributed by atoms with Gasteiger partial charge in [-0.15, -0.1) is 0 Å². The third kappa shape index (κ3) is 4.89. The molecule has 4 heteroatoms. The van der Waals surface area contributed by atoms with E-state index in [0.29, 0.717) is 12.0 Å². The summed E-state index contributed by atoms with van der Waals surface area (Å²) in [4.78, 5) is 22.8. The lowest BCUT2D eigenvalue weighted by atomic mass is 10.1. The SMILES string of the molecule is CCCCCCCCC(=O)c1cc(C(=O)O)n(C)c1. The van der Waals surface area contributed by atoms with E-state index in [-0.39, 0.29) is 11.5 Å². The second-order valence-corrected chi connectivity index (χ2v) is 4.97. The highest BCUT2D eigenvalue weighted by Gasteiger charge is 2.14. The van der Waals surface area contributed by atoms with Crippen LogP contribution in [-0.2, 0) is 7.05 Å². The predicted molar refractivity (Wildman–Crippen MR) is 74.7 cm³/mol. The highest BCUT2D eigenvalue weighted by atomic mass is 16.4. The largest absolute Gasteiger partial charge is 0.477 e. The Bertz CT molecular complexity index is 435. The second kappa shape index (κ2) is 7.77. The lowest BCUT2D eigenvalue weighted by Gasteiger charge is -1.99. The summed E-state index contributed by atoms with van der Waals surface area (Å²) in [5, 5.41) is 8.93. The van der Waals surface area contributed by atoms with Crippen LogP contribution in [-0.4, -0.2) is 21.4 Å². The van der Waals surface area contributed by atoms with Gasteiger partial charge in [-0.25, -0.2) is 4.79 Å². The number of carboxylic acids is 1. The molecule has 4 nitrogen and oxygen atoms in total. The Morgan fingerprint density at radius 2 is 1.79 bits per heavy atom. The van der Waals surface area contributed by atoms with E-state index in [4.69, 9.17) is 5.11 Å². The Morgan fingerprint density at radius 1 is 1.16 bits per heavy atom. The predicted octanol–water partition coefficient (Wildman–Crippen LogP) is 3.66. The standard InChI is InChI=1S/C15H23NO3/c1-3-4-5-6-7-8-9-14(17)12-10-13(15(18)19)16(2)11-12/h10-11H,3-9H2,1-2H3,(H,18,19). The molecule has 1 heterocycles. The van der Waals surface area contributed by atoms with Gasteiger partial charge >= 0.3 is 5.97 Å². The summed E-state index contributed by atoms with van der Waals surface area (Å²) in [7, 11) is 1.64. The van der Waals surface area contributed by atoms with Crippen LogP contribution in [0.15, 0.2) is 12.3 Å². The van der Waals surface area contributed by atoms with E-state index in [0.717, 1.165) is 12.8 Å². The molecule has 1 aromatic rings. The van der Waals surface area contributed by atoms with Crippen molar-refractivity contribution in [3.8, 4) is 0 Å². The van der Waals surface area contributed by atoms with E-state index in [1.54, 1.807) is 13.2 Å². The average Bonchev–Trinajstić information content (AvgIpc) is 2.75. The first-order valence-corrected chi connectivity index (χ1v) is 6.99. The Labute approximate surface area is 114 Å². The van der Waals surface area contributed by atoms with Gasteiger partial charge in [-0.3, -0.25) is 4.79 Å². The van der Waals surface area contributed by atoms with Gasteiger partial charge in [0.2, 0.25) is 0 Å². The number of carboxylic acid groups (broad SMARTS) is 1. The van der Waals surface area contributed by atoms with Crippen LogP contribution in [0.25, 0.3) is 0 Å². The molecule has 0 radical (unpaired) electrons. The smallest absolute Gasteiger partial charge is 0.352 e. The summed E-state index contributed by atoms with van der Waals surface area (Å²) in [6, 6.07) is 1.46. The zero-order chi connectivity index (χ0) is 14.3. The van der Waals surface area contributed by atoms with Crippen molar-refractivity contribution >= 4 is 11.8 Å². The van der Waals surface area contributed by atoms with Crippen LogP contribution in [0, 0.1) is 0 Å². The maximum Gasteiger partial charge on any atom is 0.352 e. The van der Waals surface area contributed by atoms with Crippen molar-refractivity contribution in [2.45, 2.75) is 51.9 Å². The minimum Gasteiger partial charge on any atom is -0.477 e. The Hall–Kier alpha value is -1.58. The van der Waals surface area contributed by atoms with Gasteiger partial charge < -0.3 is 9.67 Å². The molecule has 0 fully saturated rings. The third-order valence-electron chi connectivity index (χ3n) is 3.30. The molecule has 0 bridgehead atoms. The number of aromatic nitrogens is 1. The van der Waals surface area contributed by atoms with E-state index in [9.17, 15) is 9.59 Å². The third-order valence-corrected chi connectivity index (χ3v) is 3.30. The fourth-order valence-electron chi connectivity index (χ4n) is 2.14. The van der Waals surface area contributed by atoms with Crippen molar-refractivity contribution in [3.05, 3.63) is 23.5 Å². The lowest BCUT2D eigenvalue weighted by molar-refractivity contribution is 0.0686. The van der Waals surface area contributed by atoms with Gasteiger partial charge in [-0.05, 0) is 12.5 Å². The van der Waals surface area contributed by atoms with Crippen molar-refractivity contribution in [2.75, 3.05) is 0 Å². The zero-order valence-corrected chi connectivity index (χ0v) is 11.8. The second-order valence-electron chi connectivity index (χ2n) is 4.97. The molecule has 0 atom stereocenters. The number of Topliss-reactive ketones (excluding diaryl/α,β-unsaturated/α-hetero) is 1. The van der Waals surface area contributed by atoms with Crippen molar-refractivity contribution in [1.82, 2.24) is 4.57 Å². The van der Waals surface area contributed by atoms with Crippen LogP contribution in [0.1, 0.15) is 72.7 Å². The molecular formula is C15H23NO3. The van der Waals surface area contributed by atoms with E-state index < -0.39 is 5.97 Å². The Kier molecular flexibility index (Phi) is 6.33. The topological polar surface area (TPSA) is 59.3 Å². The lowest BCUT2D eigenvalue weighted by Crippen LogP contribution is -2.02. The fraction of sp³-hybridized carbons (Fsp3) is 0.600. The highest BCUT2D eigenvalue weighted by molar-refractivity contribution is 5.98. The molecular weight excluding hydrogens is 242 g/mol. The van der Waals surface area contributed by atoms with Crippen LogP contribution >= 0.6 is 0 Å². The maximum absolute atomic E-state index is 11.9. The molecule has 0 aromatic carbocycles. The summed E-state index contributed by atoms with van der Waals surface area (Å²) in [6.07, 6.45) is 8.97. The molecule has 1 aromatic heterocycles. The monoisotopic (exact) mass is 265 g/mol.